The smallest absolute Gasteiger partial charge is 0.293 e. The van der Waals surface area contributed by atoms with E-state index in [2.05, 4.69) is 15.6 Å². The second kappa shape index (κ2) is 10.4. The van der Waals surface area contributed by atoms with Crippen LogP contribution in [0, 0.1) is 10.1 Å². The quantitative estimate of drug-likeness (QED) is 0.191. The first-order valence-electron chi connectivity index (χ1n) is 11.6. The van der Waals surface area contributed by atoms with Gasteiger partial charge in [-0.15, -0.1) is 11.3 Å². The Bertz CT molecular complexity index is 1410. The van der Waals surface area contributed by atoms with E-state index in [0.29, 0.717) is 11.4 Å². The molecule has 36 heavy (non-hydrogen) atoms. The maximum Gasteiger partial charge on any atom is 0.293 e. The number of nitrogens with one attached hydrogen (secondary N) is 2. The van der Waals surface area contributed by atoms with Gasteiger partial charge in [0.25, 0.3) is 11.6 Å². The molecule has 1 amide bonds. The maximum absolute atomic E-state index is 12.8. The lowest BCUT2D eigenvalue weighted by atomic mass is 10.1. The fourth-order valence-corrected chi connectivity index (χ4v) is 5.42. The number of thiocarbonyl (C=S) groups is 1. The number of benzene rings is 3. The van der Waals surface area contributed by atoms with Crippen LogP contribution in [0.3, 0.4) is 0 Å². The highest BCUT2D eigenvalue weighted by molar-refractivity contribution is 7.80. The normalized spacial score (nSPS) is 13.4. The highest BCUT2D eigenvalue weighted by atomic mass is 32.1. The van der Waals surface area contributed by atoms with Gasteiger partial charge in [0.05, 0.1) is 15.1 Å². The van der Waals surface area contributed by atoms with Crippen molar-refractivity contribution in [1.82, 2.24) is 10.3 Å². The average Bonchev–Trinajstić information content (AvgIpc) is 3.33. The zero-order valence-electron chi connectivity index (χ0n) is 19.3. The van der Waals surface area contributed by atoms with Gasteiger partial charge in [-0.3, -0.25) is 20.2 Å². The Balaban J connectivity index is 1.24. The molecular weight excluding hydrogens is 494 g/mol. The molecule has 2 heterocycles. The van der Waals surface area contributed by atoms with Crippen molar-refractivity contribution in [3.63, 3.8) is 0 Å². The van der Waals surface area contributed by atoms with Gasteiger partial charge in [0.1, 0.15) is 10.7 Å². The molecule has 2 N–H and O–H groups in total. The number of hydrogen-bond acceptors (Lipinski definition) is 7. The summed E-state index contributed by atoms with van der Waals surface area (Å²) in [7, 11) is 0. The zero-order chi connectivity index (χ0) is 25.1. The average molecular weight is 518 g/mol. The number of carbonyl (C=O) groups excluding carboxylic acids is 1. The summed E-state index contributed by atoms with van der Waals surface area (Å²) in [5.74, 6) is -0.508. The van der Waals surface area contributed by atoms with Gasteiger partial charge >= 0.3 is 0 Å². The van der Waals surface area contributed by atoms with Gasteiger partial charge in [-0.25, -0.2) is 4.98 Å². The number of hydrogen-bond donors (Lipinski definition) is 2. The minimum Gasteiger partial charge on any atom is -0.366 e. The van der Waals surface area contributed by atoms with Gasteiger partial charge in [0.2, 0.25) is 0 Å². The number of fused-ring (bicyclic) bond motifs is 1. The molecule has 1 aliphatic rings. The molecule has 0 spiro atoms. The van der Waals surface area contributed by atoms with Crippen LogP contribution < -0.4 is 15.5 Å². The number of piperidine rings is 1. The van der Waals surface area contributed by atoms with E-state index in [0.717, 1.165) is 53.1 Å². The van der Waals surface area contributed by atoms with Crippen LogP contribution in [0.25, 0.3) is 20.8 Å². The predicted molar refractivity (Wildman–Crippen MR) is 148 cm³/mol. The summed E-state index contributed by atoms with van der Waals surface area (Å²) in [6.07, 6.45) is 3.13. The Hall–Kier alpha value is -3.89. The van der Waals surface area contributed by atoms with E-state index in [9.17, 15) is 14.9 Å². The minimum atomic E-state index is -0.508. The molecule has 1 aliphatic heterocycles. The first-order chi connectivity index (χ1) is 17.5. The third kappa shape index (κ3) is 5.19. The molecule has 1 saturated heterocycles. The van der Waals surface area contributed by atoms with Crippen molar-refractivity contribution < 1.29 is 9.72 Å². The van der Waals surface area contributed by atoms with Crippen molar-refractivity contribution in [2.75, 3.05) is 23.3 Å². The Kier molecular flexibility index (Phi) is 6.88. The topological polar surface area (TPSA) is 100 Å². The molecule has 0 unspecified atom stereocenters. The highest BCUT2D eigenvalue weighted by Gasteiger charge is 2.23. The summed E-state index contributed by atoms with van der Waals surface area (Å²) in [5, 5.41) is 18.3. The summed E-state index contributed by atoms with van der Waals surface area (Å²) in [6.45, 7) is 1.55. The van der Waals surface area contributed by atoms with Crippen LogP contribution in [0.4, 0.5) is 17.1 Å². The standard InChI is InChI=1S/C26H23N5O3S2/c32-24(18-10-13-21(22(16-18)31(33)34)30-14-4-1-5-15-30)29-26(35)27-19-11-8-17(9-12-19)25-28-20-6-2-3-7-23(20)36-25/h2-3,6-13,16H,1,4-5,14-15H2,(H2,27,29,32,35). The molecule has 0 bridgehead atoms. The summed E-state index contributed by atoms with van der Waals surface area (Å²) >= 11 is 6.92. The van der Waals surface area contributed by atoms with Crippen LogP contribution in [0.15, 0.2) is 66.7 Å². The summed E-state index contributed by atoms with van der Waals surface area (Å²) in [4.78, 5) is 30.7. The van der Waals surface area contributed by atoms with Crippen molar-refractivity contribution in [2.24, 2.45) is 0 Å². The minimum absolute atomic E-state index is 0.0751. The molecule has 0 aliphatic carbocycles. The van der Waals surface area contributed by atoms with Crippen molar-refractivity contribution in [1.29, 1.82) is 0 Å². The van der Waals surface area contributed by atoms with Gasteiger partial charge in [0.15, 0.2) is 5.11 Å². The molecule has 0 atom stereocenters. The Labute approximate surface area is 217 Å². The van der Waals surface area contributed by atoms with E-state index >= 15 is 0 Å². The van der Waals surface area contributed by atoms with Crippen LogP contribution in [-0.2, 0) is 0 Å². The zero-order valence-corrected chi connectivity index (χ0v) is 20.9. The monoisotopic (exact) mass is 517 g/mol. The molecule has 4 aromatic rings. The second-order valence-corrected chi connectivity index (χ2v) is 9.92. The molecule has 0 saturated carbocycles. The lowest BCUT2D eigenvalue weighted by Gasteiger charge is -2.28. The number of nitro benzene ring substituents is 1. The molecule has 8 nitrogen and oxygen atoms in total. The van der Waals surface area contributed by atoms with E-state index in [1.54, 1.807) is 23.5 Å². The largest absolute Gasteiger partial charge is 0.366 e. The molecule has 1 fully saturated rings. The molecule has 0 radical (unpaired) electrons. The number of carbonyl (C=O) groups is 1. The van der Waals surface area contributed by atoms with Crippen molar-refractivity contribution in [3.8, 4) is 10.6 Å². The number of para-hydroxylation sites is 1. The number of aromatic nitrogens is 1. The van der Waals surface area contributed by atoms with Crippen molar-refractivity contribution in [3.05, 3.63) is 82.4 Å². The number of rotatable bonds is 5. The van der Waals surface area contributed by atoms with E-state index in [4.69, 9.17) is 12.2 Å². The summed E-state index contributed by atoms with van der Waals surface area (Å²) < 4.78 is 1.13. The molecule has 10 heteroatoms. The van der Waals surface area contributed by atoms with Crippen LogP contribution in [0.2, 0.25) is 0 Å². The second-order valence-electron chi connectivity index (χ2n) is 8.48. The molecule has 3 aromatic carbocycles. The van der Waals surface area contributed by atoms with Crippen molar-refractivity contribution >= 4 is 61.9 Å². The van der Waals surface area contributed by atoms with Gasteiger partial charge < -0.3 is 10.2 Å². The number of anilines is 2. The summed E-state index contributed by atoms with van der Waals surface area (Å²) in [5.41, 5.74) is 3.30. The summed E-state index contributed by atoms with van der Waals surface area (Å²) in [6, 6.07) is 20.2. The SMILES string of the molecule is O=C(NC(=S)Nc1ccc(-c2nc3ccccc3s2)cc1)c1ccc(N2CCCCC2)c([N+](=O)[O-])c1. The number of nitro groups is 1. The van der Waals surface area contributed by atoms with Crippen LogP contribution >= 0.6 is 23.6 Å². The van der Waals surface area contributed by atoms with Crippen LogP contribution in [0.1, 0.15) is 29.6 Å². The van der Waals surface area contributed by atoms with Gasteiger partial charge in [-0.1, -0.05) is 12.1 Å². The molecular formula is C26H23N5O3S2. The van der Waals surface area contributed by atoms with E-state index < -0.39 is 10.8 Å². The first-order valence-corrected chi connectivity index (χ1v) is 12.8. The first kappa shape index (κ1) is 23.8. The number of thiazole rings is 1. The Morgan fingerprint density at radius 1 is 1.03 bits per heavy atom. The maximum atomic E-state index is 12.8. The number of amides is 1. The third-order valence-corrected chi connectivity index (χ3v) is 7.33. The Morgan fingerprint density at radius 3 is 2.50 bits per heavy atom. The van der Waals surface area contributed by atoms with Crippen LogP contribution in [-0.4, -0.2) is 34.0 Å². The fourth-order valence-electron chi connectivity index (χ4n) is 4.24. The van der Waals surface area contributed by atoms with Crippen LogP contribution in [0.5, 0.6) is 0 Å². The van der Waals surface area contributed by atoms with E-state index in [-0.39, 0.29) is 16.4 Å². The van der Waals surface area contributed by atoms with Gasteiger partial charge in [-0.05, 0) is 80.0 Å². The Morgan fingerprint density at radius 2 is 1.78 bits per heavy atom. The van der Waals surface area contributed by atoms with E-state index in [1.165, 1.54) is 6.07 Å². The van der Waals surface area contributed by atoms with Gasteiger partial charge in [0, 0.05) is 36.0 Å². The molecule has 182 valence electrons. The lowest BCUT2D eigenvalue weighted by molar-refractivity contribution is -0.384. The fraction of sp³-hybridized carbons (Fsp3) is 0.192. The third-order valence-electron chi connectivity index (χ3n) is 6.04. The predicted octanol–water partition coefficient (Wildman–Crippen LogP) is 5.99. The number of nitrogens with zero attached hydrogens (tertiary/aromatic N) is 3. The molecule has 5 rings (SSSR count). The lowest BCUT2D eigenvalue weighted by Crippen LogP contribution is -2.34. The highest BCUT2D eigenvalue weighted by Crippen LogP contribution is 2.32. The van der Waals surface area contributed by atoms with E-state index in [1.807, 2.05) is 53.4 Å². The molecule has 1 aromatic heterocycles. The van der Waals surface area contributed by atoms with Crippen molar-refractivity contribution in [2.45, 2.75) is 19.3 Å². The van der Waals surface area contributed by atoms with Gasteiger partial charge in [-0.2, -0.15) is 0 Å².